The summed E-state index contributed by atoms with van der Waals surface area (Å²) >= 11 is 0. The van der Waals surface area contributed by atoms with Gasteiger partial charge in [0.2, 0.25) is 0 Å². The van der Waals surface area contributed by atoms with Gasteiger partial charge in [0.25, 0.3) is 0 Å². The smallest absolute Gasteiger partial charge is 0.160 e. The van der Waals surface area contributed by atoms with Crippen LogP contribution in [0, 0.1) is 0 Å². The zero-order valence-corrected chi connectivity index (χ0v) is 33.7. The monoisotopic (exact) mass is 790 g/mol. The molecular weight excluding hydrogens is 753 g/mol. The lowest BCUT2D eigenvalue weighted by atomic mass is 9.95. The van der Waals surface area contributed by atoms with E-state index in [4.69, 9.17) is 19.9 Å². The first-order valence-electron chi connectivity index (χ1n) is 20.9. The number of aromatic nitrogens is 4. The van der Waals surface area contributed by atoms with Crippen molar-refractivity contribution in [3.05, 3.63) is 231 Å². The van der Waals surface area contributed by atoms with Crippen LogP contribution in [0.3, 0.4) is 0 Å². The van der Waals surface area contributed by atoms with E-state index in [1.807, 2.05) is 36.4 Å². The van der Waals surface area contributed by atoms with Gasteiger partial charge in [-0.25, -0.2) is 19.9 Å². The molecule has 0 fully saturated rings. The lowest BCUT2D eigenvalue weighted by Crippen LogP contribution is -1.96. The highest BCUT2D eigenvalue weighted by Crippen LogP contribution is 2.37. The third kappa shape index (κ3) is 7.20. The van der Waals surface area contributed by atoms with Gasteiger partial charge >= 0.3 is 0 Å². The number of pyridine rings is 2. The second-order valence-corrected chi connectivity index (χ2v) is 15.4. The second-order valence-electron chi connectivity index (χ2n) is 15.4. The average Bonchev–Trinajstić information content (AvgIpc) is 3.37. The Balaban J connectivity index is 0.942. The molecule has 11 aromatic rings. The van der Waals surface area contributed by atoms with E-state index in [0.29, 0.717) is 5.82 Å². The highest BCUT2D eigenvalue weighted by molar-refractivity contribution is 6.09. The minimum atomic E-state index is 0.695. The van der Waals surface area contributed by atoms with Crippen LogP contribution in [-0.2, 0) is 0 Å². The number of nitrogens with zero attached hydrogens (tertiary/aromatic N) is 4. The number of rotatable bonds is 8. The van der Waals surface area contributed by atoms with E-state index in [2.05, 4.69) is 194 Å². The van der Waals surface area contributed by atoms with Gasteiger partial charge in [0, 0.05) is 38.6 Å². The molecule has 0 bridgehead atoms. The Morgan fingerprint density at radius 2 is 0.597 bits per heavy atom. The molecule has 0 saturated carbocycles. The number of fused-ring (bicyclic) bond motifs is 3. The largest absolute Gasteiger partial charge is 0.245 e. The lowest BCUT2D eigenvalue weighted by molar-refractivity contribution is 1.18. The third-order valence-electron chi connectivity index (χ3n) is 11.5. The fourth-order valence-corrected chi connectivity index (χ4v) is 8.24. The van der Waals surface area contributed by atoms with Crippen LogP contribution in [0.5, 0.6) is 0 Å². The van der Waals surface area contributed by atoms with Crippen molar-refractivity contribution in [2.75, 3.05) is 0 Å². The molecule has 0 aliphatic rings. The molecule has 4 heteroatoms. The maximum absolute atomic E-state index is 5.28. The SMILES string of the molecule is c1ccc(-c2ccc(-c3nc(-c4ccccc4)cc(-c4ccc(-c5ccc(-c6cc(-c7ccccc7)nc7c6ccc6ccc(-c8ccccc8)nc67)cc5)cc4)n3)cc2)cc1. The molecule has 0 aliphatic carbocycles. The summed E-state index contributed by atoms with van der Waals surface area (Å²) in [4.78, 5) is 20.7. The average molecular weight is 791 g/mol. The standard InChI is InChI=1S/C58H38N4/c1-5-13-39(14-6-1)40-25-31-49(32-26-40)58-61-54(46-19-11-4-12-20-46)38-55(62-58)47-29-23-42(24-30-47)41-21-27-43(28-22-41)51-37-53(45-17-9-3-10-18-45)60-57-50(51)35-33-48-34-36-52(59-56(48)57)44-15-7-2-8-16-44/h1-38H. The van der Waals surface area contributed by atoms with Gasteiger partial charge in [-0.2, -0.15) is 0 Å². The van der Waals surface area contributed by atoms with Crippen LogP contribution in [0.2, 0.25) is 0 Å². The number of benzene rings is 8. The fraction of sp³-hybridized carbons (Fsp3) is 0. The molecule has 3 heterocycles. The quantitative estimate of drug-likeness (QED) is 0.144. The third-order valence-corrected chi connectivity index (χ3v) is 11.5. The van der Waals surface area contributed by atoms with Crippen molar-refractivity contribution in [2.45, 2.75) is 0 Å². The van der Waals surface area contributed by atoms with Crippen LogP contribution in [-0.4, -0.2) is 19.9 Å². The minimum absolute atomic E-state index is 0.695. The molecule has 0 spiro atoms. The van der Waals surface area contributed by atoms with E-state index >= 15 is 0 Å². The summed E-state index contributed by atoms with van der Waals surface area (Å²) in [5, 5.41) is 2.13. The Hall–Kier alpha value is -8.34. The van der Waals surface area contributed by atoms with Crippen molar-refractivity contribution in [1.82, 2.24) is 19.9 Å². The molecule has 0 atom stereocenters. The van der Waals surface area contributed by atoms with Crippen molar-refractivity contribution in [3.63, 3.8) is 0 Å². The Morgan fingerprint density at radius 3 is 1.13 bits per heavy atom. The molecule has 0 aliphatic heterocycles. The Bertz CT molecular complexity index is 3330. The molecule has 0 saturated heterocycles. The maximum atomic E-state index is 5.28. The molecule has 290 valence electrons. The first-order valence-corrected chi connectivity index (χ1v) is 20.9. The normalized spacial score (nSPS) is 11.2. The van der Waals surface area contributed by atoms with Gasteiger partial charge in [-0.1, -0.05) is 212 Å². The predicted octanol–water partition coefficient (Wildman–Crippen LogP) is 14.9. The van der Waals surface area contributed by atoms with Gasteiger partial charge < -0.3 is 0 Å². The van der Waals surface area contributed by atoms with E-state index in [1.54, 1.807) is 0 Å². The van der Waals surface area contributed by atoms with Gasteiger partial charge in [0.1, 0.15) is 0 Å². The van der Waals surface area contributed by atoms with Crippen molar-refractivity contribution in [3.8, 4) is 89.8 Å². The molecule has 0 unspecified atom stereocenters. The molecule has 4 nitrogen and oxygen atoms in total. The summed E-state index contributed by atoms with van der Waals surface area (Å²) in [6, 6.07) is 80.4. The van der Waals surface area contributed by atoms with Gasteiger partial charge in [-0.3, -0.25) is 0 Å². The fourth-order valence-electron chi connectivity index (χ4n) is 8.24. The molecule has 0 radical (unpaired) electrons. The number of hydrogen-bond donors (Lipinski definition) is 0. The lowest BCUT2D eigenvalue weighted by Gasteiger charge is -2.13. The Kier molecular flexibility index (Phi) is 9.49. The maximum Gasteiger partial charge on any atom is 0.160 e. The summed E-state index contributed by atoms with van der Waals surface area (Å²) in [7, 11) is 0. The van der Waals surface area contributed by atoms with E-state index in [1.165, 1.54) is 5.56 Å². The zero-order chi connectivity index (χ0) is 41.2. The van der Waals surface area contributed by atoms with Crippen LogP contribution < -0.4 is 0 Å². The molecule has 62 heavy (non-hydrogen) atoms. The summed E-state index contributed by atoms with van der Waals surface area (Å²) in [5.74, 6) is 0.695. The molecular formula is C58H38N4. The van der Waals surface area contributed by atoms with Gasteiger partial charge in [-0.15, -0.1) is 0 Å². The van der Waals surface area contributed by atoms with Crippen molar-refractivity contribution < 1.29 is 0 Å². The summed E-state index contributed by atoms with van der Waals surface area (Å²) < 4.78 is 0. The summed E-state index contributed by atoms with van der Waals surface area (Å²) in [5.41, 5.74) is 17.4. The molecule has 11 rings (SSSR count). The molecule has 0 amide bonds. The Labute approximate surface area is 360 Å². The van der Waals surface area contributed by atoms with Crippen molar-refractivity contribution in [1.29, 1.82) is 0 Å². The second kappa shape index (κ2) is 16.0. The van der Waals surface area contributed by atoms with E-state index in [9.17, 15) is 0 Å². The highest BCUT2D eigenvalue weighted by atomic mass is 14.9. The van der Waals surface area contributed by atoms with Crippen LogP contribution in [0.4, 0.5) is 0 Å². The van der Waals surface area contributed by atoms with E-state index in [0.717, 1.165) is 100 Å². The molecule has 8 aromatic carbocycles. The molecule has 3 aromatic heterocycles. The highest BCUT2D eigenvalue weighted by Gasteiger charge is 2.16. The summed E-state index contributed by atoms with van der Waals surface area (Å²) in [6.45, 7) is 0. The van der Waals surface area contributed by atoms with E-state index in [-0.39, 0.29) is 0 Å². The first-order chi connectivity index (χ1) is 30.7. The van der Waals surface area contributed by atoms with Crippen LogP contribution in [0.25, 0.3) is 112 Å². The van der Waals surface area contributed by atoms with Crippen LogP contribution in [0.15, 0.2) is 231 Å². The predicted molar refractivity (Wildman–Crippen MR) is 256 cm³/mol. The Morgan fingerprint density at radius 1 is 0.226 bits per heavy atom. The van der Waals surface area contributed by atoms with Gasteiger partial charge in [0.15, 0.2) is 5.82 Å². The van der Waals surface area contributed by atoms with Gasteiger partial charge in [0.05, 0.1) is 33.8 Å². The van der Waals surface area contributed by atoms with E-state index < -0.39 is 0 Å². The minimum Gasteiger partial charge on any atom is -0.245 e. The number of hydrogen-bond acceptors (Lipinski definition) is 4. The topological polar surface area (TPSA) is 51.6 Å². The zero-order valence-electron chi connectivity index (χ0n) is 33.7. The summed E-state index contributed by atoms with van der Waals surface area (Å²) in [6.07, 6.45) is 0. The molecule has 0 N–H and O–H groups in total. The van der Waals surface area contributed by atoms with Gasteiger partial charge in [-0.05, 0) is 51.6 Å². The van der Waals surface area contributed by atoms with Crippen molar-refractivity contribution >= 4 is 21.8 Å². The van der Waals surface area contributed by atoms with Crippen LogP contribution >= 0.6 is 0 Å². The first kappa shape index (κ1) is 36.7. The van der Waals surface area contributed by atoms with Crippen LogP contribution in [0.1, 0.15) is 0 Å². The van der Waals surface area contributed by atoms with Crippen molar-refractivity contribution in [2.24, 2.45) is 0 Å².